The lowest BCUT2D eigenvalue weighted by Crippen LogP contribution is -2.26. The van der Waals surface area contributed by atoms with E-state index in [0.717, 1.165) is 5.56 Å². The van der Waals surface area contributed by atoms with Crippen molar-refractivity contribution in [2.75, 3.05) is 7.05 Å². The molecule has 0 aromatic heterocycles. The van der Waals surface area contributed by atoms with Crippen molar-refractivity contribution < 1.29 is 8.42 Å². The molecule has 0 fully saturated rings. The largest absolute Gasteiger partial charge is 0.243 e. The van der Waals surface area contributed by atoms with Gasteiger partial charge in [-0.3, -0.25) is 0 Å². The summed E-state index contributed by atoms with van der Waals surface area (Å²) in [7, 11) is -1.96. The predicted molar refractivity (Wildman–Crippen MR) is 86.2 cm³/mol. The average Bonchev–Trinajstić information content (AvgIpc) is 2.49. The third kappa shape index (κ3) is 3.83. The fourth-order valence-electron chi connectivity index (χ4n) is 1.85. The summed E-state index contributed by atoms with van der Waals surface area (Å²) in [6.45, 7) is 0.322. The molecule has 2 rings (SSSR count). The number of rotatable bonds is 5. The van der Waals surface area contributed by atoms with Gasteiger partial charge in [0.1, 0.15) is 0 Å². The third-order valence-electron chi connectivity index (χ3n) is 2.97. The lowest BCUT2D eigenvalue weighted by atomic mass is 10.2. The van der Waals surface area contributed by atoms with Crippen LogP contribution in [0.3, 0.4) is 0 Å². The number of benzene rings is 2. The molecule has 108 valence electrons. The first kappa shape index (κ1) is 15.5. The van der Waals surface area contributed by atoms with Crippen LogP contribution >= 0.6 is 12.2 Å². The van der Waals surface area contributed by atoms with Crippen LogP contribution in [0.15, 0.2) is 64.5 Å². The van der Waals surface area contributed by atoms with E-state index in [1.54, 1.807) is 19.2 Å². The Morgan fingerprint density at radius 3 is 2.29 bits per heavy atom. The Balaban J connectivity index is 2.22. The molecule has 0 heterocycles. The normalized spacial score (nSPS) is 11.1. The molecule has 6 heteroatoms. The van der Waals surface area contributed by atoms with E-state index >= 15 is 0 Å². The SMILES string of the molecule is CN(Cc1ccccc1)S(=O)(=O)c1ccc(N=C=S)cc1. The van der Waals surface area contributed by atoms with E-state index in [1.807, 2.05) is 30.3 Å². The van der Waals surface area contributed by atoms with Crippen molar-refractivity contribution in [1.82, 2.24) is 4.31 Å². The Hall–Kier alpha value is -1.85. The first-order valence-electron chi connectivity index (χ1n) is 6.22. The van der Waals surface area contributed by atoms with Crippen LogP contribution in [0.2, 0.25) is 0 Å². The second-order valence-electron chi connectivity index (χ2n) is 4.44. The highest BCUT2D eigenvalue weighted by Crippen LogP contribution is 2.20. The first-order valence-corrected chi connectivity index (χ1v) is 8.07. The van der Waals surface area contributed by atoms with Crippen LogP contribution < -0.4 is 0 Å². The third-order valence-corrected chi connectivity index (χ3v) is 4.88. The number of nitrogens with zero attached hydrogens (tertiary/aromatic N) is 2. The summed E-state index contributed by atoms with van der Waals surface area (Å²) in [6.07, 6.45) is 0. The summed E-state index contributed by atoms with van der Waals surface area (Å²) in [5.41, 5.74) is 1.51. The first-order chi connectivity index (χ1) is 10.0. The fourth-order valence-corrected chi connectivity index (χ4v) is 3.12. The van der Waals surface area contributed by atoms with Gasteiger partial charge in [0.25, 0.3) is 0 Å². The highest BCUT2D eigenvalue weighted by Gasteiger charge is 2.20. The van der Waals surface area contributed by atoms with E-state index in [2.05, 4.69) is 22.4 Å². The molecule has 0 amide bonds. The van der Waals surface area contributed by atoms with Crippen LogP contribution in [-0.4, -0.2) is 24.9 Å². The van der Waals surface area contributed by atoms with Crippen molar-refractivity contribution in [3.8, 4) is 0 Å². The van der Waals surface area contributed by atoms with Crippen molar-refractivity contribution in [3.63, 3.8) is 0 Å². The molecule has 0 aliphatic heterocycles. The van der Waals surface area contributed by atoms with Crippen LogP contribution in [0.25, 0.3) is 0 Å². The smallest absolute Gasteiger partial charge is 0.207 e. The molecule has 0 N–H and O–H groups in total. The van der Waals surface area contributed by atoms with Crippen molar-refractivity contribution in [1.29, 1.82) is 0 Å². The van der Waals surface area contributed by atoms with E-state index in [9.17, 15) is 8.42 Å². The van der Waals surface area contributed by atoms with Gasteiger partial charge in [0.15, 0.2) is 0 Å². The molecule has 0 atom stereocenters. The zero-order chi connectivity index (χ0) is 15.3. The topological polar surface area (TPSA) is 49.7 Å². The summed E-state index contributed by atoms with van der Waals surface area (Å²) in [4.78, 5) is 4.02. The minimum atomic E-state index is -3.52. The van der Waals surface area contributed by atoms with Crippen LogP contribution in [0, 0.1) is 0 Å². The summed E-state index contributed by atoms with van der Waals surface area (Å²) in [5.74, 6) is 0. The molecule has 4 nitrogen and oxygen atoms in total. The van der Waals surface area contributed by atoms with E-state index in [4.69, 9.17) is 0 Å². The maximum atomic E-state index is 12.5. The van der Waals surface area contributed by atoms with Crippen LogP contribution in [0.4, 0.5) is 5.69 Å². The molecule has 0 radical (unpaired) electrons. The Labute approximate surface area is 129 Å². The highest BCUT2D eigenvalue weighted by molar-refractivity contribution is 7.89. The summed E-state index contributed by atoms with van der Waals surface area (Å²) in [6, 6.07) is 15.7. The van der Waals surface area contributed by atoms with Crippen molar-refractivity contribution in [2.24, 2.45) is 4.99 Å². The number of isothiocyanates is 1. The molecule has 2 aromatic carbocycles. The molecule has 21 heavy (non-hydrogen) atoms. The predicted octanol–water partition coefficient (Wildman–Crippen LogP) is 3.24. The molecule has 2 aromatic rings. The van der Waals surface area contributed by atoms with E-state index in [0.29, 0.717) is 12.2 Å². The van der Waals surface area contributed by atoms with Crippen LogP contribution in [0.5, 0.6) is 0 Å². The second-order valence-corrected chi connectivity index (χ2v) is 6.67. The Morgan fingerprint density at radius 2 is 1.71 bits per heavy atom. The lowest BCUT2D eigenvalue weighted by Gasteiger charge is -2.17. The van der Waals surface area contributed by atoms with E-state index < -0.39 is 10.0 Å². The van der Waals surface area contributed by atoms with Gasteiger partial charge in [-0.25, -0.2) is 8.42 Å². The molecule has 0 saturated carbocycles. The van der Waals surface area contributed by atoms with Crippen LogP contribution in [0.1, 0.15) is 5.56 Å². The zero-order valence-corrected chi connectivity index (χ0v) is 13.1. The molecular formula is C15H14N2O2S2. The average molecular weight is 318 g/mol. The quantitative estimate of drug-likeness (QED) is 0.628. The van der Waals surface area contributed by atoms with E-state index in [1.165, 1.54) is 16.4 Å². The maximum Gasteiger partial charge on any atom is 0.243 e. The fraction of sp³-hybridized carbons (Fsp3) is 0.133. The maximum absolute atomic E-state index is 12.5. The standard InChI is InChI=1S/C15H14N2O2S2/c1-17(11-13-5-3-2-4-6-13)21(18,19)15-9-7-14(8-10-15)16-12-20/h2-10H,11H2,1H3. The van der Waals surface area contributed by atoms with Crippen LogP contribution in [-0.2, 0) is 16.6 Å². The molecule has 0 aliphatic rings. The van der Waals surface area contributed by atoms with Crippen molar-refractivity contribution >= 4 is 33.1 Å². The second kappa shape index (κ2) is 6.74. The minimum absolute atomic E-state index is 0.226. The molecule has 0 aliphatic carbocycles. The summed E-state index contributed by atoms with van der Waals surface area (Å²) >= 11 is 4.51. The Kier molecular flexibility index (Phi) is 4.98. The molecule has 0 bridgehead atoms. The van der Waals surface area contributed by atoms with Gasteiger partial charge in [-0.15, -0.1) is 0 Å². The van der Waals surface area contributed by atoms with Gasteiger partial charge in [-0.1, -0.05) is 30.3 Å². The molecular weight excluding hydrogens is 304 g/mol. The number of sulfonamides is 1. The monoisotopic (exact) mass is 318 g/mol. The van der Waals surface area contributed by atoms with Gasteiger partial charge in [0, 0.05) is 13.6 Å². The van der Waals surface area contributed by atoms with Gasteiger partial charge >= 0.3 is 0 Å². The zero-order valence-electron chi connectivity index (χ0n) is 11.4. The molecule has 0 saturated heterocycles. The van der Waals surface area contributed by atoms with E-state index in [-0.39, 0.29) is 4.90 Å². The number of hydrogen-bond donors (Lipinski definition) is 0. The molecule has 0 unspecified atom stereocenters. The number of hydrogen-bond acceptors (Lipinski definition) is 4. The summed E-state index contributed by atoms with van der Waals surface area (Å²) in [5, 5.41) is 2.25. The van der Waals surface area contributed by atoms with Gasteiger partial charge in [0.05, 0.1) is 15.7 Å². The van der Waals surface area contributed by atoms with Gasteiger partial charge < -0.3 is 0 Å². The molecule has 0 spiro atoms. The Morgan fingerprint density at radius 1 is 1.10 bits per heavy atom. The van der Waals surface area contributed by atoms with Gasteiger partial charge in [-0.05, 0) is 42.0 Å². The highest BCUT2D eigenvalue weighted by atomic mass is 32.2. The van der Waals surface area contributed by atoms with Crippen molar-refractivity contribution in [3.05, 3.63) is 60.2 Å². The Bertz CT molecular complexity index is 750. The number of aliphatic imine (C=N–C) groups is 1. The van der Waals surface area contributed by atoms with Gasteiger partial charge in [0.2, 0.25) is 10.0 Å². The summed E-state index contributed by atoms with van der Waals surface area (Å²) < 4.78 is 26.2. The minimum Gasteiger partial charge on any atom is -0.207 e. The van der Waals surface area contributed by atoms with Crippen molar-refractivity contribution in [2.45, 2.75) is 11.4 Å². The lowest BCUT2D eigenvalue weighted by molar-refractivity contribution is 0.467. The van der Waals surface area contributed by atoms with Gasteiger partial charge in [-0.2, -0.15) is 9.30 Å². The number of thiocarbonyl (C=S) groups is 1.